The summed E-state index contributed by atoms with van der Waals surface area (Å²) in [6.07, 6.45) is 36.6. The fourth-order valence-corrected chi connectivity index (χ4v) is 7.16. The summed E-state index contributed by atoms with van der Waals surface area (Å²) in [5, 5.41) is 0. The molecule has 0 rings (SSSR count). The van der Waals surface area contributed by atoms with Gasteiger partial charge in [0.1, 0.15) is 25.9 Å². The van der Waals surface area contributed by atoms with Gasteiger partial charge in [0.25, 0.3) is 0 Å². The van der Waals surface area contributed by atoms with E-state index >= 15 is 0 Å². The highest BCUT2D eigenvalue weighted by molar-refractivity contribution is 7.47. The smallest absolute Gasteiger partial charge is 0.463 e. The van der Waals surface area contributed by atoms with Gasteiger partial charge >= 0.3 is 13.8 Å². The Morgan fingerprint density at radius 2 is 0.942 bits per heavy atom. The summed E-state index contributed by atoms with van der Waals surface area (Å²) in [4.78, 5) is 23.0. The molecule has 0 aliphatic rings. The van der Waals surface area contributed by atoms with Gasteiger partial charge in [-0.2, -0.15) is 0 Å². The van der Waals surface area contributed by atoms with Crippen LogP contribution >= 0.6 is 7.82 Å². The van der Waals surface area contributed by atoms with Gasteiger partial charge in [-0.1, -0.05) is 194 Å². The molecule has 0 fully saturated rings. The topological polar surface area (TPSA) is 91.3 Å². The maximum atomic E-state index is 12.8. The SMILES string of the molecule is CCCCCCCCCCCCCCCCCO[C@H](COC(=O)C(C)CCCCCCCCCCCCCCC)COP(=O)(O)OCC[N+](C)(C)C. The van der Waals surface area contributed by atoms with Crippen molar-refractivity contribution in [3.63, 3.8) is 0 Å². The number of quaternary nitrogens is 1. The van der Waals surface area contributed by atoms with Crippen LogP contribution in [0.15, 0.2) is 0 Å². The van der Waals surface area contributed by atoms with Crippen LogP contribution in [0.1, 0.15) is 207 Å². The zero-order chi connectivity index (χ0) is 38.6. The molecule has 0 aliphatic heterocycles. The number of likely N-dealkylation sites (N-methyl/N-ethyl adjacent to an activating group) is 1. The normalized spacial score (nSPS) is 14.4. The summed E-state index contributed by atoms with van der Waals surface area (Å²) in [5.41, 5.74) is 0. The average Bonchev–Trinajstić information content (AvgIpc) is 3.09. The van der Waals surface area contributed by atoms with Gasteiger partial charge < -0.3 is 18.9 Å². The molecule has 0 aromatic heterocycles. The van der Waals surface area contributed by atoms with Crippen LogP contribution in [0.2, 0.25) is 0 Å². The molecular formula is C43H89NO7P+. The van der Waals surface area contributed by atoms with Gasteiger partial charge in [0.2, 0.25) is 0 Å². The van der Waals surface area contributed by atoms with E-state index in [-0.39, 0.29) is 31.7 Å². The van der Waals surface area contributed by atoms with Crippen molar-refractivity contribution in [1.29, 1.82) is 0 Å². The van der Waals surface area contributed by atoms with Crippen molar-refractivity contribution in [1.82, 2.24) is 0 Å². The third kappa shape index (κ3) is 37.8. The standard InChI is InChI=1S/C43H88NO7P/c1-7-9-11-13-15-17-19-21-22-24-26-28-30-32-34-37-48-42(40-51-52(46,47)50-38-36-44(4,5)6)39-49-43(45)41(3)35-33-31-29-27-25-23-20-18-16-14-12-10-8-2/h41-42H,7-40H2,1-6H3/p+1/t41?,42-/m1/s1. The molecule has 0 spiro atoms. The molecule has 3 atom stereocenters. The highest BCUT2D eigenvalue weighted by atomic mass is 31.2. The first kappa shape index (κ1) is 51.5. The molecule has 0 aromatic carbocycles. The lowest BCUT2D eigenvalue weighted by Crippen LogP contribution is -2.37. The van der Waals surface area contributed by atoms with Crippen LogP contribution in [-0.2, 0) is 27.9 Å². The highest BCUT2D eigenvalue weighted by Crippen LogP contribution is 2.43. The predicted molar refractivity (Wildman–Crippen MR) is 220 cm³/mol. The molecular weight excluding hydrogens is 673 g/mol. The molecule has 0 aromatic rings. The van der Waals surface area contributed by atoms with E-state index in [2.05, 4.69) is 13.8 Å². The zero-order valence-electron chi connectivity index (χ0n) is 35.5. The van der Waals surface area contributed by atoms with E-state index in [0.717, 1.165) is 32.1 Å². The van der Waals surface area contributed by atoms with Crippen molar-refractivity contribution in [3.05, 3.63) is 0 Å². The Morgan fingerprint density at radius 3 is 1.35 bits per heavy atom. The number of nitrogens with zero attached hydrogens (tertiary/aromatic N) is 1. The fraction of sp³-hybridized carbons (Fsp3) is 0.977. The molecule has 8 nitrogen and oxygen atoms in total. The molecule has 52 heavy (non-hydrogen) atoms. The Morgan fingerprint density at radius 1 is 0.558 bits per heavy atom. The summed E-state index contributed by atoms with van der Waals surface area (Å²) in [7, 11) is 1.72. The van der Waals surface area contributed by atoms with Crippen LogP contribution in [0.4, 0.5) is 0 Å². The maximum Gasteiger partial charge on any atom is 0.472 e. The molecule has 0 aliphatic carbocycles. The van der Waals surface area contributed by atoms with Crippen LogP contribution in [-0.4, -0.2) is 75.6 Å². The lowest BCUT2D eigenvalue weighted by atomic mass is 10.0. The number of ether oxygens (including phenoxy) is 2. The second-order valence-corrected chi connectivity index (χ2v) is 18.1. The number of phosphoric ester groups is 1. The monoisotopic (exact) mass is 763 g/mol. The molecule has 0 amide bonds. The van der Waals surface area contributed by atoms with Crippen LogP contribution < -0.4 is 0 Å². The number of unbranched alkanes of at least 4 members (excludes halogenated alkanes) is 26. The van der Waals surface area contributed by atoms with E-state index in [1.54, 1.807) is 0 Å². The number of hydrogen-bond donors (Lipinski definition) is 1. The predicted octanol–water partition coefficient (Wildman–Crippen LogP) is 12.7. The molecule has 0 bridgehead atoms. The Bertz CT molecular complexity index is 822. The van der Waals surface area contributed by atoms with Crippen molar-refractivity contribution in [2.24, 2.45) is 5.92 Å². The number of carbonyl (C=O) groups is 1. The first-order valence-electron chi connectivity index (χ1n) is 22.2. The molecule has 2 unspecified atom stereocenters. The maximum absolute atomic E-state index is 12.8. The Hall–Kier alpha value is -0.500. The van der Waals surface area contributed by atoms with Crippen LogP contribution in [0.3, 0.4) is 0 Å². The summed E-state index contributed by atoms with van der Waals surface area (Å²) < 4.78 is 35.3. The van der Waals surface area contributed by atoms with Gasteiger partial charge in [-0.15, -0.1) is 0 Å². The van der Waals surface area contributed by atoms with Gasteiger partial charge in [-0.25, -0.2) is 4.57 Å². The van der Waals surface area contributed by atoms with Gasteiger partial charge in [-0.3, -0.25) is 13.8 Å². The van der Waals surface area contributed by atoms with E-state index < -0.39 is 13.9 Å². The van der Waals surface area contributed by atoms with Gasteiger partial charge in [0.05, 0.1) is 33.7 Å². The number of phosphoric acid groups is 1. The van der Waals surface area contributed by atoms with E-state index in [9.17, 15) is 14.3 Å². The minimum Gasteiger partial charge on any atom is -0.463 e. The van der Waals surface area contributed by atoms with E-state index in [1.807, 2.05) is 28.1 Å². The van der Waals surface area contributed by atoms with Crippen molar-refractivity contribution < 1.29 is 37.3 Å². The summed E-state index contributed by atoms with van der Waals surface area (Å²) in [6, 6.07) is 0. The van der Waals surface area contributed by atoms with Gasteiger partial charge in [0.15, 0.2) is 0 Å². The molecule has 1 N–H and O–H groups in total. The number of carbonyl (C=O) groups excluding carboxylic acids is 1. The Kier molecular flexibility index (Phi) is 35.8. The Balaban J connectivity index is 4.31. The van der Waals surface area contributed by atoms with Crippen LogP contribution in [0, 0.1) is 5.92 Å². The number of hydrogen-bond acceptors (Lipinski definition) is 6. The van der Waals surface area contributed by atoms with Crippen LogP contribution in [0.25, 0.3) is 0 Å². The molecule has 9 heteroatoms. The second-order valence-electron chi connectivity index (χ2n) is 16.6. The zero-order valence-corrected chi connectivity index (χ0v) is 36.4. The summed E-state index contributed by atoms with van der Waals surface area (Å²) in [5.74, 6) is -0.432. The van der Waals surface area contributed by atoms with Crippen molar-refractivity contribution in [3.8, 4) is 0 Å². The van der Waals surface area contributed by atoms with Gasteiger partial charge in [0, 0.05) is 6.61 Å². The van der Waals surface area contributed by atoms with Gasteiger partial charge in [-0.05, 0) is 12.8 Å². The van der Waals surface area contributed by atoms with Crippen molar-refractivity contribution in [2.45, 2.75) is 213 Å². The first-order chi connectivity index (χ1) is 25.0. The number of esters is 1. The summed E-state index contributed by atoms with van der Waals surface area (Å²) >= 11 is 0. The van der Waals surface area contributed by atoms with Crippen molar-refractivity contribution in [2.75, 3.05) is 54.1 Å². The van der Waals surface area contributed by atoms with E-state index in [1.165, 1.54) is 154 Å². The molecule has 0 heterocycles. The third-order valence-electron chi connectivity index (χ3n) is 10.1. The minimum atomic E-state index is -4.24. The molecule has 0 radical (unpaired) electrons. The van der Waals surface area contributed by atoms with Crippen LogP contribution in [0.5, 0.6) is 0 Å². The van der Waals surface area contributed by atoms with Crippen molar-refractivity contribution >= 4 is 13.8 Å². The quantitative estimate of drug-likeness (QED) is 0.0287. The first-order valence-corrected chi connectivity index (χ1v) is 23.7. The van der Waals surface area contributed by atoms with E-state index in [4.69, 9.17) is 18.5 Å². The Labute approximate surface area is 323 Å². The van der Waals surface area contributed by atoms with E-state index in [0.29, 0.717) is 17.6 Å². The highest BCUT2D eigenvalue weighted by Gasteiger charge is 2.26. The minimum absolute atomic E-state index is 0.000598. The molecule has 0 saturated carbocycles. The third-order valence-corrected chi connectivity index (χ3v) is 11.1. The molecule has 312 valence electrons. The largest absolute Gasteiger partial charge is 0.472 e. The lowest BCUT2D eigenvalue weighted by Gasteiger charge is -2.24. The second kappa shape index (κ2) is 36.2. The molecule has 0 saturated heterocycles. The lowest BCUT2D eigenvalue weighted by molar-refractivity contribution is -0.870. The fourth-order valence-electron chi connectivity index (χ4n) is 6.42. The summed E-state index contributed by atoms with van der Waals surface area (Å²) in [6.45, 7) is 7.47. The number of rotatable bonds is 41. The average molecular weight is 763 g/mol.